The highest BCUT2D eigenvalue weighted by atomic mass is 32.1. The van der Waals surface area contributed by atoms with Gasteiger partial charge in [0.15, 0.2) is 5.75 Å². The predicted molar refractivity (Wildman–Crippen MR) is 97.8 cm³/mol. The lowest BCUT2D eigenvalue weighted by Crippen LogP contribution is -2.38. The van der Waals surface area contributed by atoms with Crippen LogP contribution in [0.2, 0.25) is 0 Å². The van der Waals surface area contributed by atoms with E-state index in [1.807, 2.05) is 0 Å². The van der Waals surface area contributed by atoms with Crippen molar-refractivity contribution in [3.05, 3.63) is 49.9 Å². The first-order valence-corrected chi connectivity index (χ1v) is 9.02. The SMILES string of the molecule is COc1ccc(C2NC(=O)c3c(sc4c3CCN(C)C4)N2)cc1[N+](=O)[O-]. The van der Waals surface area contributed by atoms with Gasteiger partial charge in [-0.2, -0.15) is 0 Å². The molecule has 1 aromatic carbocycles. The first-order valence-electron chi connectivity index (χ1n) is 8.20. The van der Waals surface area contributed by atoms with Gasteiger partial charge in [-0.05, 0) is 25.1 Å². The van der Waals surface area contributed by atoms with Crippen molar-refractivity contribution in [3.63, 3.8) is 0 Å². The minimum Gasteiger partial charge on any atom is -0.490 e. The van der Waals surface area contributed by atoms with Gasteiger partial charge in [0.2, 0.25) is 0 Å². The van der Waals surface area contributed by atoms with E-state index >= 15 is 0 Å². The predicted octanol–water partition coefficient (Wildman–Crippen LogP) is 2.51. The van der Waals surface area contributed by atoms with Crippen LogP contribution in [0.4, 0.5) is 10.7 Å². The average Bonchev–Trinajstić information content (AvgIpc) is 2.98. The Hall–Kier alpha value is -2.65. The van der Waals surface area contributed by atoms with Gasteiger partial charge in [-0.25, -0.2) is 0 Å². The number of benzene rings is 1. The molecule has 1 atom stereocenters. The van der Waals surface area contributed by atoms with E-state index < -0.39 is 11.1 Å². The number of ether oxygens (including phenoxy) is 1. The standard InChI is InChI=1S/C17H18N4O4S/c1-20-6-5-10-13(8-20)26-17-14(10)16(22)18-15(19-17)9-3-4-12(25-2)11(7-9)21(23)24/h3-4,7,15,19H,5-6,8H2,1-2H3,(H,18,22). The van der Waals surface area contributed by atoms with Crippen molar-refractivity contribution in [1.29, 1.82) is 0 Å². The van der Waals surface area contributed by atoms with Gasteiger partial charge in [0.1, 0.15) is 11.2 Å². The topological polar surface area (TPSA) is 96.7 Å². The maximum atomic E-state index is 12.7. The van der Waals surface area contributed by atoms with Crippen molar-refractivity contribution in [2.24, 2.45) is 0 Å². The second-order valence-electron chi connectivity index (χ2n) is 6.43. The molecule has 2 N–H and O–H groups in total. The number of nitrogens with zero attached hydrogens (tertiary/aromatic N) is 2. The maximum Gasteiger partial charge on any atom is 0.311 e. The third-order valence-corrected chi connectivity index (χ3v) is 5.91. The molecule has 0 radical (unpaired) electrons. The molecule has 4 rings (SSSR count). The van der Waals surface area contributed by atoms with Crippen LogP contribution >= 0.6 is 11.3 Å². The van der Waals surface area contributed by atoms with Gasteiger partial charge in [-0.3, -0.25) is 14.9 Å². The minimum absolute atomic E-state index is 0.126. The van der Waals surface area contributed by atoms with Gasteiger partial charge in [-0.1, -0.05) is 6.07 Å². The quantitative estimate of drug-likeness (QED) is 0.633. The zero-order chi connectivity index (χ0) is 18.4. The Morgan fingerprint density at radius 3 is 2.92 bits per heavy atom. The number of nitro groups is 1. The van der Waals surface area contributed by atoms with Crippen molar-refractivity contribution >= 4 is 27.9 Å². The Labute approximate surface area is 153 Å². The summed E-state index contributed by atoms with van der Waals surface area (Å²) in [6, 6.07) is 4.70. The average molecular weight is 374 g/mol. The molecule has 3 heterocycles. The lowest BCUT2D eigenvalue weighted by Gasteiger charge is -2.27. The van der Waals surface area contributed by atoms with Crippen LogP contribution in [0.25, 0.3) is 0 Å². The Morgan fingerprint density at radius 1 is 1.38 bits per heavy atom. The van der Waals surface area contributed by atoms with Crippen LogP contribution in [-0.4, -0.2) is 36.4 Å². The van der Waals surface area contributed by atoms with Gasteiger partial charge >= 0.3 is 5.69 Å². The van der Waals surface area contributed by atoms with Gasteiger partial charge < -0.3 is 20.3 Å². The second-order valence-corrected chi connectivity index (χ2v) is 7.54. The summed E-state index contributed by atoms with van der Waals surface area (Å²) in [5.74, 6) is 0.0560. The van der Waals surface area contributed by atoms with E-state index in [0.29, 0.717) is 5.56 Å². The molecule has 1 unspecified atom stereocenters. The van der Waals surface area contributed by atoms with E-state index in [9.17, 15) is 14.9 Å². The monoisotopic (exact) mass is 374 g/mol. The summed E-state index contributed by atoms with van der Waals surface area (Å²) in [4.78, 5) is 26.9. The molecule has 9 heteroatoms. The van der Waals surface area contributed by atoms with E-state index in [1.54, 1.807) is 23.5 Å². The van der Waals surface area contributed by atoms with E-state index in [2.05, 4.69) is 22.6 Å². The summed E-state index contributed by atoms with van der Waals surface area (Å²) in [6.07, 6.45) is 0.336. The molecule has 1 aromatic heterocycles. The molecule has 2 aromatic rings. The van der Waals surface area contributed by atoms with Gasteiger partial charge in [0, 0.05) is 29.6 Å². The van der Waals surface area contributed by atoms with Crippen LogP contribution < -0.4 is 15.4 Å². The molecular weight excluding hydrogens is 356 g/mol. The number of amides is 1. The zero-order valence-corrected chi connectivity index (χ0v) is 15.2. The molecule has 8 nitrogen and oxygen atoms in total. The van der Waals surface area contributed by atoms with Crippen molar-refractivity contribution in [2.75, 3.05) is 26.0 Å². The molecule has 136 valence electrons. The molecule has 0 aliphatic carbocycles. The number of likely N-dealkylation sites (N-methyl/N-ethyl adjacent to an activating group) is 1. The molecule has 1 amide bonds. The fourth-order valence-electron chi connectivity index (χ4n) is 3.44. The molecule has 0 saturated carbocycles. The summed E-state index contributed by atoms with van der Waals surface area (Å²) >= 11 is 1.59. The number of anilines is 1. The van der Waals surface area contributed by atoms with Crippen LogP contribution in [-0.2, 0) is 13.0 Å². The molecule has 0 spiro atoms. The van der Waals surface area contributed by atoms with Crippen molar-refractivity contribution in [2.45, 2.75) is 19.1 Å². The normalized spacial score (nSPS) is 19.2. The summed E-state index contributed by atoms with van der Waals surface area (Å²) in [5.41, 5.74) is 2.32. The van der Waals surface area contributed by atoms with Crippen molar-refractivity contribution in [1.82, 2.24) is 10.2 Å². The molecule has 0 fully saturated rings. The van der Waals surface area contributed by atoms with Crippen LogP contribution in [0.15, 0.2) is 18.2 Å². The first-order chi connectivity index (χ1) is 12.5. The van der Waals surface area contributed by atoms with E-state index in [0.717, 1.165) is 35.6 Å². The number of nitrogens with one attached hydrogen (secondary N) is 2. The molecule has 0 bridgehead atoms. The molecular formula is C17H18N4O4S. The Bertz CT molecular complexity index is 910. The Morgan fingerprint density at radius 2 is 2.19 bits per heavy atom. The number of fused-ring (bicyclic) bond motifs is 3. The number of thiophene rings is 1. The third kappa shape index (κ3) is 2.69. The number of hydrogen-bond acceptors (Lipinski definition) is 7. The largest absolute Gasteiger partial charge is 0.490 e. The van der Waals surface area contributed by atoms with Crippen LogP contribution in [0, 0.1) is 10.1 Å². The Balaban J connectivity index is 1.69. The number of rotatable bonds is 3. The van der Waals surface area contributed by atoms with Crippen molar-refractivity contribution in [3.8, 4) is 5.75 Å². The highest BCUT2D eigenvalue weighted by molar-refractivity contribution is 7.16. The zero-order valence-electron chi connectivity index (χ0n) is 14.4. The number of methoxy groups -OCH3 is 1. The number of nitro benzene ring substituents is 1. The first kappa shape index (κ1) is 16.8. The van der Waals surface area contributed by atoms with E-state index in [-0.39, 0.29) is 17.3 Å². The summed E-state index contributed by atoms with van der Waals surface area (Å²) in [6.45, 7) is 1.76. The van der Waals surface area contributed by atoms with E-state index in [1.165, 1.54) is 18.1 Å². The molecule has 0 saturated heterocycles. The highest BCUT2D eigenvalue weighted by Crippen LogP contribution is 2.41. The van der Waals surface area contributed by atoms with E-state index in [4.69, 9.17) is 4.74 Å². The molecule has 2 aliphatic heterocycles. The Kier molecular flexibility index (Phi) is 4.04. The lowest BCUT2D eigenvalue weighted by molar-refractivity contribution is -0.385. The highest BCUT2D eigenvalue weighted by Gasteiger charge is 2.33. The summed E-state index contributed by atoms with van der Waals surface area (Å²) < 4.78 is 5.04. The third-order valence-electron chi connectivity index (χ3n) is 4.76. The second kappa shape index (κ2) is 6.26. The lowest BCUT2D eigenvalue weighted by atomic mass is 10.0. The van der Waals surface area contributed by atoms with Gasteiger partial charge in [0.25, 0.3) is 5.91 Å². The van der Waals surface area contributed by atoms with Crippen molar-refractivity contribution < 1.29 is 14.5 Å². The van der Waals surface area contributed by atoms with Crippen LogP contribution in [0.1, 0.15) is 32.5 Å². The summed E-state index contributed by atoms with van der Waals surface area (Å²) in [7, 11) is 3.45. The summed E-state index contributed by atoms with van der Waals surface area (Å²) in [5, 5.41) is 18.3. The van der Waals surface area contributed by atoms with Gasteiger partial charge in [-0.15, -0.1) is 11.3 Å². The number of hydrogen-bond donors (Lipinski definition) is 2. The smallest absolute Gasteiger partial charge is 0.311 e. The minimum atomic E-state index is -0.516. The fourth-order valence-corrected chi connectivity index (χ4v) is 4.79. The number of carbonyl (C=O) groups is 1. The fraction of sp³-hybridized carbons (Fsp3) is 0.353. The maximum absolute atomic E-state index is 12.7. The molecule has 26 heavy (non-hydrogen) atoms. The van der Waals surface area contributed by atoms with Crippen LogP contribution in [0.5, 0.6) is 5.75 Å². The van der Waals surface area contributed by atoms with Crippen LogP contribution in [0.3, 0.4) is 0 Å². The molecule has 2 aliphatic rings. The van der Waals surface area contributed by atoms with Gasteiger partial charge in [0.05, 0.1) is 17.6 Å². The number of carbonyl (C=O) groups excluding carboxylic acids is 1.